The van der Waals surface area contributed by atoms with Crippen LogP contribution >= 0.6 is 0 Å². The third-order valence-electron chi connectivity index (χ3n) is 4.67. The van der Waals surface area contributed by atoms with E-state index in [1.165, 1.54) is 5.56 Å². The molecule has 0 saturated carbocycles. The number of hydrazone groups is 1. The Morgan fingerprint density at radius 1 is 0.931 bits per heavy atom. The summed E-state index contributed by atoms with van der Waals surface area (Å²) in [4.78, 5) is 9.33. The molecule has 6 heteroatoms. The molecule has 6 nitrogen and oxygen atoms in total. The highest BCUT2D eigenvalue weighted by atomic mass is 16.7. The number of aromatic nitrogens is 2. The van der Waals surface area contributed by atoms with Gasteiger partial charge >= 0.3 is 0 Å². The highest BCUT2D eigenvalue weighted by molar-refractivity contribution is 5.93. The highest BCUT2D eigenvalue weighted by Gasteiger charge is 2.13. The Morgan fingerprint density at radius 2 is 1.79 bits per heavy atom. The number of hydrogen-bond acceptors (Lipinski definition) is 6. The summed E-state index contributed by atoms with van der Waals surface area (Å²) in [5.41, 5.74) is 7.79. The lowest BCUT2D eigenvalue weighted by Crippen LogP contribution is -2.00. The first-order valence-electron chi connectivity index (χ1n) is 9.29. The Hall–Kier alpha value is -3.93. The van der Waals surface area contributed by atoms with Gasteiger partial charge in [0.15, 0.2) is 11.5 Å². The van der Waals surface area contributed by atoms with Gasteiger partial charge in [-0.25, -0.2) is 15.4 Å². The van der Waals surface area contributed by atoms with E-state index in [1.54, 1.807) is 6.21 Å². The van der Waals surface area contributed by atoms with Crippen LogP contribution in [0.25, 0.3) is 22.2 Å². The van der Waals surface area contributed by atoms with E-state index in [0.717, 1.165) is 39.2 Å². The van der Waals surface area contributed by atoms with Crippen LogP contribution in [0.3, 0.4) is 0 Å². The van der Waals surface area contributed by atoms with E-state index in [0.29, 0.717) is 5.95 Å². The molecule has 2 heterocycles. The predicted molar refractivity (Wildman–Crippen MR) is 113 cm³/mol. The number of nitrogens with one attached hydrogen (secondary N) is 1. The van der Waals surface area contributed by atoms with E-state index in [4.69, 9.17) is 14.5 Å². The molecular weight excluding hydrogens is 364 g/mol. The molecule has 0 aliphatic carbocycles. The Morgan fingerprint density at radius 3 is 2.69 bits per heavy atom. The SMILES string of the molecule is Cc1ccc2nc(NN=Cc3ccc4c(c3)OCO4)nc(-c3ccccc3)c2c1. The summed E-state index contributed by atoms with van der Waals surface area (Å²) in [7, 11) is 0. The lowest BCUT2D eigenvalue weighted by Gasteiger charge is -2.09. The number of benzene rings is 3. The number of aryl methyl sites for hydroxylation is 1. The van der Waals surface area contributed by atoms with Crippen LogP contribution in [0.1, 0.15) is 11.1 Å². The van der Waals surface area contributed by atoms with Crippen LogP contribution in [0.15, 0.2) is 71.8 Å². The van der Waals surface area contributed by atoms with Crippen LogP contribution in [0.4, 0.5) is 5.95 Å². The van der Waals surface area contributed by atoms with Crippen molar-refractivity contribution in [2.24, 2.45) is 5.10 Å². The zero-order valence-corrected chi connectivity index (χ0v) is 15.8. The summed E-state index contributed by atoms with van der Waals surface area (Å²) in [5, 5.41) is 5.32. The largest absolute Gasteiger partial charge is 0.454 e. The van der Waals surface area contributed by atoms with E-state index in [2.05, 4.69) is 28.5 Å². The van der Waals surface area contributed by atoms with Gasteiger partial charge in [0.05, 0.1) is 17.4 Å². The zero-order valence-electron chi connectivity index (χ0n) is 15.8. The van der Waals surface area contributed by atoms with Crippen molar-refractivity contribution < 1.29 is 9.47 Å². The minimum Gasteiger partial charge on any atom is -0.454 e. The van der Waals surface area contributed by atoms with E-state index in [-0.39, 0.29) is 6.79 Å². The van der Waals surface area contributed by atoms with Gasteiger partial charge in [-0.2, -0.15) is 5.10 Å². The molecule has 4 aromatic rings. The smallest absolute Gasteiger partial charge is 0.244 e. The van der Waals surface area contributed by atoms with E-state index in [1.807, 2.05) is 60.7 Å². The van der Waals surface area contributed by atoms with Crippen LogP contribution in [0.2, 0.25) is 0 Å². The summed E-state index contributed by atoms with van der Waals surface area (Å²) in [6.45, 7) is 2.32. The lowest BCUT2D eigenvalue weighted by atomic mass is 10.0. The molecule has 0 spiro atoms. The first kappa shape index (κ1) is 17.2. The molecule has 0 bridgehead atoms. The van der Waals surface area contributed by atoms with Gasteiger partial charge in [-0.1, -0.05) is 42.0 Å². The van der Waals surface area contributed by atoms with Crippen molar-refractivity contribution in [3.8, 4) is 22.8 Å². The number of rotatable bonds is 4. The van der Waals surface area contributed by atoms with Gasteiger partial charge in [-0.05, 0) is 42.8 Å². The monoisotopic (exact) mass is 382 g/mol. The molecule has 3 aromatic carbocycles. The van der Waals surface area contributed by atoms with Gasteiger partial charge in [0.25, 0.3) is 0 Å². The molecule has 0 atom stereocenters. The van der Waals surface area contributed by atoms with Crippen LogP contribution in [-0.2, 0) is 0 Å². The Kier molecular flexibility index (Phi) is 4.29. The molecule has 0 radical (unpaired) electrons. The average Bonchev–Trinajstić information content (AvgIpc) is 3.22. The molecule has 29 heavy (non-hydrogen) atoms. The van der Waals surface area contributed by atoms with Gasteiger partial charge in [-0.3, -0.25) is 0 Å². The maximum atomic E-state index is 5.40. The molecule has 1 N–H and O–H groups in total. The van der Waals surface area contributed by atoms with E-state index >= 15 is 0 Å². The van der Waals surface area contributed by atoms with Crippen molar-refractivity contribution in [3.63, 3.8) is 0 Å². The number of fused-ring (bicyclic) bond motifs is 2. The number of ether oxygens (including phenoxy) is 2. The fourth-order valence-corrected chi connectivity index (χ4v) is 3.27. The molecule has 5 rings (SSSR count). The molecule has 0 amide bonds. The maximum absolute atomic E-state index is 5.40. The quantitative estimate of drug-likeness (QED) is 0.406. The first-order chi connectivity index (χ1) is 14.3. The van der Waals surface area contributed by atoms with Gasteiger partial charge in [0.1, 0.15) is 0 Å². The van der Waals surface area contributed by atoms with Crippen molar-refractivity contribution in [1.29, 1.82) is 0 Å². The summed E-state index contributed by atoms with van der Waals surface area (Å²) in [5.74, 6) is 1.91. The highest BCUT2D eigenvalue weighted by Crippen LogP contribution is 2.32. The van der Waals surface area contributed by atoms with E-state index < -0.39 is 0 Å². The van der Waals surface area contributed by atoms with Crippen LogP contribution in [0, 0.1) is 6.92 Å². The van der Waals surface area contributed by atoms with Crippen molar-refractivity contribution >= 4 is 23.1 Å². The second kappa shape index (κ2) is 7.24. The Bertz CT molecular complexity index is 1220. The van der Waals surface area contributed by atoms with Crippen molar-refractivity contribution in [3.05, 3.63) is 77.9 Å². The molecule has 1 aliphatic heterocycles. The van der Waals surface area contributed by atoms with Crippen LogP contribution in [0.5, 0.6) is 11.5 Å². The predicted octanol–water partition coefficient (Wildman–Crippen LogP) is 4.78. The third-order valence-corrected chi connectivity index (χ3v) is 4.67. The van der Waals surface area contributed by atoms with Crippen LogP contribution in [-0.4, -0.2) is 23.0 Å². The van der Waals surface area contributed by atoms with Crippen LogP contribution < -0.4 is 14.9 Å². The molecule has 1 aromatic heterocycles. The van der Waals surface area contributed by atoms with Crippen molar-refractivity contribution in [2.75, 3.05) is 12.2 Å². The van der Waals surface area contributed by atoms with Crippen molar-refractivity contribution in [1.82, 2.24) is 9.97 Å². The summed E-state index contributed by atoms with van der Waals surface area (Å²) < 4.78 is 10.7. The number of hydrogen-bond donors (Lipinski definition) is 1. The number of anilines is 1. The minimum absolute atomic E-state index is 0.251. The summed E-state index contributed by atoms with van der Waals surface area (Å²) >= 11 is 0. The minimum atomic E-state index is 0.251. The van der Waals surface area contributed by atoms with Gasteiger partial charge in [0.2, 0.25) is 12.7 Å². The first-order valence-corrected chi connectivity index (χ1v) is 9.29. The second-order valence-corrected chi connectivity index (χ2v) is 6.77. The molecule has 0 fully saturated rings. The number of nitrogens with zero attached hydrogens (tertiary/aromatic N) is 3. The molecule has 0 saturated heterocycles. The standard InChI is InChI=1S/C23H18N4O2/c1-15-7-9-19-18(11-15)22(17-5-3-2-4-6-17)26-23(25-19)27-24-13-16-8-10-20-21(12-16)29-14-28-20/h2-13H,14H2,1H3,(H,25,26,27). The summed E-state index contributed by atoms with van der Waals surface area (Å²) in [6, 6.07) is 21.9. The zero-order chi connectivity index (χ0) is 19.6. The molecule has 0 unspecified atom stereocenters. The fraction of sp³-hybridized carbons (Fsp3) is 0.0870. The van der Waals surface area contributed by atoms with Gasteiger partial charge < -0.3 is 9.47 Å². The van der Waals surface area contributed by atoms with Gasteiger partial charge in [-0.15, -0.1) is 0 Å². The van der Waals surface area contributed by atoms with Gasteiger partial charge in [0, 0.05) is 10.9 Å². The Labute approximate surface area is 167 Å². The maximum Gasteiger partial charge on any atom is 0.244 e. The van der Waals surface area contributed by atoms with Crippen molar-refractivity contribution in [2.45, 2.75) is 6.92 Å². The normalized spacial score (nSPS) is 12.6. The molecular formula is C23H18N4O2. The molecule has 1 aliphatic rings. The van der Waals surface area contributed by atoms with E-state index in [9.17, 15) is 0 Å². The second-order valence-electron chi connectivity index (χ2n) is 6.77. The Balaban J connectivity index is 1.48. The third kappa shape index (κ3) is 3.48. The topological polar surface area (TPSA) is 68.6 Å². The fourth-order valence-electron chi connectivity index (χ4n) is 3.27. The summed E-state index contributed by atoms with van der Waals surface area (Å²) in [6.07, 6.45) is 1.70. The lowest BCUT2D eigenvalue weighted by molar-refractivity contribution is 0.174. The average molecular weight is 382 g/mol. The molecule has 142 valence electrons.